The molecule has 0 radical (unpaired) electrons. The predicted molar refractivity (Wildman–Crippen MR) is 102 cm³/mol. The summed E-state index contributed by atoms with van der Waals surface area (Å²) in [6.45, 7) is -0.344. The Kier molecular flexibility index (Phi) is 4.57. The molecule has 2 aromatic carbocycles. The van der Waals surface area contributed by atoms with Crippen LogP contribution >= 0.6 is 0 Å². The van der Waals surface area contributed by atoms with E-state index in [1.54, 1.807) is 0 Å². The molecule has 1 N–H and O–H groups in total. The SMILES string of the molecule is CN1CC(=O)N(CC(=O)NC(c2ccccc2)c2cc3ccccc3o2)C1=O. The molecular weight excluding hydrogens is 358 g/mol. The normalized spacial score (nSPS) is 15.3. The number of carbonyl (C=O) groups excluding carboxylic acids is 3. The maximum Gasteiger partial charge on any atom is 0.327 e. The number of amides is 4. The highest BCUT2D eigenvalue weighted by atomic mass is 16.3. The maximum absolute atomic E-state index is 12.7. The molecule has 3 aromatic rings. The summed E-state index contributed by atoms with van der Waals surface area (Å²) < 4.78 is 5.94. The molecule has 1 unspecified atom stereocenters. The van der Waals surface area contributed by atoms with Crippen LogP contribution in [0.1, 0.15) is 17.4 Å². The van der Waals surface area contributed by atoms with Crippen molar-refractivity contribution in [2.45, 2.75) is 6.04 Å². The van der Waals surface area contributed by atoms with E-state index in [1.165, 1.54) is 11.9 Å². The Morgan fingerprint density at radius 1 is 1.11 bits per heavy atom. The number of carbonyl (C=O) groups is 3. The van der Waals surface area contributed by atoms with Crippen molar-refractivity contribution in [3.63, 3.8) is 0 Å². The monoisotopic (exact) mass is 377 g/mol. The first kappa shape index (κ1) is 17.8. The molecule has 28 heavy (non-hydrogen) atoms. The van der Waals surface area contributed by atoms with Crippen LogP contribution in [0.4, 0.5) is 4.79 Å². The molecule has 1 atom stereocenters. The highest BCUT2D eigenvalue weighted by molar-refractivity contribution is 6.04. The Balaban J connectivity index is 1.60. The van der Waals surface area contributed by atoms with Gasteiger partial charge in [0, 0.05) is 12.4 Å². The number of fused-ring (bicyclic) bond motifs is 1. The van der Waals surface area contributed by atoms with Crippen LogP contribution in [-0.4, -0.2) is 47.8 Å². The zero-order valence-electron chi connectivity index (χ0n) is 15.3. The first-order valence-electron chi connectivity index (χ1n) is 8.91. The van der Waals surface area contributed by atoms with Gasteiger partial charge in [-0.2, -0.15) is 0 Å². The van der Waals surface area contributed by atoms with Gasteiger partial charge in [0.15, 0.2) is 0 Å². The second kappa shape index (κ2) is 7.19. The lowest BCUT2D eigenvalue weighted by molar-refractivity contribution is -0.131. The minimum Gasteiger partial charge on any atom is -0.459 e. The quantitative estimate of drug-likeness (QED) is 0.693. The molecule has 1 aliphatic heterocycles. The zero-order valence-corrected chi connectivity index (χ0v) is 15.3. The summed E-state index contributed by atoms with van der Waals surface area (Å²) in [7, 11) is 1.53. The van der Waals surface area contributed by atoms with Gasteiger partial charge in [-0.3, -0.25) is 14.5 Å². The minimum absolute atomic E-state index is 0.0161. The van der Waals surface area contributed by atoms with Crippen molar-refractivity contribution in [1.29, 1.82) is 0 Å². The first-order valence-corrected chi connectivity index (χ1v) is 8.91. The van der Waals surface area contributed by atoms with E-state index in [9.17, 15) is 14.4 Å². The van der Waals surface area contributed by atoms with Crippen LogP contribution in [0.5, 0.6) is 0 Å². The van der Waals surface area contributed by atoms with Crippen molar-refractivity contribution in [2.75, 3.05) is 20.1 Å². The van der Waals surface area contributed by atoms with Crippen LogP contribution in [0.2, 0.25) is 0 Å². The second-order valence-electron chi connectivity index (χ2n) is 6.72. The van der Waals surface area contributed by atoms with Crippen LogP contribution in [0, 0.1) is 0 Å². The molecule has 1 fully saturated rings. The molecule has 4 amide bonds. The van der Waals surface area contributed by atoms with Crippen molar-refractivity contribution in [3.8, 4) is 0 Å². The van der Waals surface area contributed by atoms with Gasteiger partial charge >= 0.3 is 6.03 Å². The van der Waals surface area contributed by atoms with Crippen molar-refractivity contribution >= 4 is 28.8 Å². The Labute approximate surface area is 161 Å². The lowest BCUT2D eigenvalue weighted by Crippen LogP contribution is -2.42. The van der Waals surface area contributed by atoms with Gasteiger partial charge in [-0.25, -0.2) is 4.79 Å². The molecule has 7 nitrogen and oxygen atoms in total. The highest BCUT2D eigenvalue weighted by Gasteiger charge is 2.35. The van der Waals surface area contributed by atoms with E-state index >= 15 is 0 Å². The number of hydrogen-bond acceptors (Lipinski definition) is 4. The molecular formula is C21H19N3O4. The summed E-state index contributed by atoms with van der Waals surface area (Å²) >= 11 is 0. The average molecular weight is 377 g/mol. The Hall–Kier alpha value is -3.61. The Morgan fingerprint density at radius 2 is 1.82 bits per heavy atom. The number of benzene rings is 2. The molecule has 142 valence electrons. The molecule has 0 spiro atoms. The van der Waals surface area contributed by atoms with Crippen molar-refractivity contribution in [1.82, 2.24) is 15.1 Å². The molecule has 0 saturated carbocycles. The van der Waals surface area contributed by atoms with Gasteiger partial charge in [0.25, 0.3) is 5.91 Å². The molecule has 1 aliphatic rings. The molecule has 1 aromatic heterocycles. The van der Waals surface area contributed by atoms with E-state index in [0.717, 1.165) is 21.4 Å². The van der Waals surface area contributed by atoms with Gasteiger partial charge in [0.1, 0.15) is 30.5 Å². The fraction of sp³-hybridized carbons (Fsp3) is 0.190. The smallest absolute Gasteiger partial charge is 0.327 e. The third kappa shape index (κ3) is 3.34. The van der Waals surface area contributed by atoms with Crippen molar-refractivity contribution < 1.29 is 18.8 Å². The van der Waals surface area contributed by atoms with Gasteiger partial charge in [-0.15, -0.1) is 0 Å². The third-order valence-electron chi connectivity index (χ3n) is 4.70. The first-order chi connectivity index (χ1) is 13.5. The molecule has 2 heterocycles. The van der Waals surface area contributed by atoms with Gasteiger partial charge in [0.2, 0.25) is 5.91 Å². The van der Waals surface area contributed by atoms with Gasteiger partial charge in [-0.1, -0.05) is 48.5 Å². The van der Waals surface area contributed by atoms with Crippen molar-refractivity contribution in [3.05, 3.63) is 72.0 Å². The highest BCUT2D eigenvalue weighted by Crippen LogP contribution is 2.28. The molecule has 1 saturated heterocycles. The van der Waals surface area contributed by atoms with E-state index in [-0.39, 0.29) is 19.0 Å². The molecule has 0 aliphatic carbocycles. The fourth-order valence-electron chi connectivity index (χ4n) is 3.28. The number of rotatable bonds is 5. The third-order valence-corrected chi connectivity index (χ3v) is 4.70. The number of nitrogens with one attached hydrogen (secondary N) is 1. The summed E-state index contributed by atoms with van der Waals surface area (Å²) in [5, 5.41) is 3.83. The van der Waals surface area contributed by atoms with E-state index in [1.807, 2.05) is 60.7 Å². The predicted octanol–water partition coefficient (Wildman–Crippen LogP) is 2.53. The van der Waals surface area contributed by atoms with Crippen LogP contribution in [0.15, 0.2) is 65.1 Å². The maximum atomic E-state index is 12.7. The summed E-state index contributed by atoms with van der Waals surface area (Å²) in [5.41, 5.74) is 1.56. The lowest BCUT2D eigenvalue weighted by atomic mass is 10.0. The standard InChI is InChI=1S/C21H19N3O4/c1-23-13-19(26)24(21(23)27)12-18(25)22-20(14-7-3-2-4-8-14)17-11-15-9-5-6-10-16(15)28-17/h2-11,20H,12-13H2,1H3,(H,22,25). The second-order valence-corrected chi connectivity index (χ2v) is 6.72. The lowest BCUT2D eigenvalue weighted by Gasteiger charge is -2.19. The van der Waals surface area contributed by atoms with Gasteiger partial charge in [-0.05, 0) is 17.7 Å². The van der Waals surface area contributed by atoms with E-state index in [4.69, 9.17) is 4.42 Å². The van der Waals surface area contributed by atoms with Crippen LogP contribution in [-0.2, 0) is 9.59 Å². The van der Waals surface area contributed by atoms with E-state index < -0.39 is 18.0 Å². The number of furan rings is 1. The van der Waals surface area contributed by atoms with Gasteiger partial charge < -0.3 is 14.6 Å². The number of hydrogen-bond donors (Lipinski definition) is 1. The van der Waals surface area contributed by atoms with Crippen LogP contribution < -0.4 is 5.32 Å². The zero-order chi connectivity index (χ0) is 19.7. The molecule has 4 rings (SSSR count). The van der Waals surface area contributed by atoms with Crippen LogP contribution in [0.25, 0.3) is 11.0 Å². The van der Waals surface area contributed by atoms with E-state index in [2.05, 4.69) is 5.32 Å². The number of para-hydroxylation sites is 1. The fourth-order valence-corrected chi connectivity index (χ4v) is 3.28. The number of imide groups is 1. The Morgan fingerprint density at radius 3 is 2.50 bits per heavy atom. The largest absolute Gasteiger partial charge is 0.459 e. The minimum atomic E-state index is -0.536. The van der Waals surface area contributed by atoms with E-state index in [0.29, 0.717) is 5.76 Å². The van der Waals surface area contributed by atoms with Crippen LogP contribution in [0.3, 0.4) is 0 Å². The summed E-state index contributed by atoms with van der Waals surface area (Å²) in [6, 6.07) is 17.9. The van der Waals surface area contributed by atoms with Gasteiger partial charge in [0.05, 0.1) is 0 Å². The average Bonchev–Trinajstić information content (AvgIpc) is 3.23. The number of urea groups is 1. The number of likely N-dealkylation sites (N-methyl/N-ethyl adjacent to an activating group) is 1. The molecule has 7 heteroatoms. The van der Waals surface area contributed by atoms with Crippen molar-refractivity contribution in [2.24, 2.45) is 0 Å². The topological polar surface area (TPSA) is 82.9 Å². The number of nitrogens with zero attached hydrogens (tertiary/aromatic N) is 2. The summed E-state index contributed by atoms with van der Waals surface area (Å²) in [4.78, 5) is 38.9. The summed E-state index contributed by atoms with van der Waals surface area (Å²) in [5.74, 6) is -0.245. The molecule has 0 bridgehead atoms. The summed E-state index contributed by atoms with van der Waals surface area (Å²) in [6.07, 6.45) is 0. The Bertz CT molecular complexity index is 1010.